The molecule has 28 heavy (non-hydrogen) atoms. The van der Waals surface area contributed by atoms with E-state index < -0.39 is 5.56 Å². The van der Waals surface area contributed by atoms with E-state index in [9.17, 15) is 19.5 Å². The zero-order chi connectivity index (χ0) is 20.3. The average molecular weight is 384 g/mol. The highest BCUT2D eigenvalue weighted by molar-refractivity contribution is 5.91. The third-order valence-electron chi connectivity index (χ3n) is 4.99. The first kappa shape index (κ1) is 19.6. The highest BCUT2D eigenvalue weighted by Gasteiger charge is 2.27. The van der Waals surface area contributed by atoms with Gasteiger partial charge in [-0.1, -0.05) is 6.07 Å². The molecule has 1 aliphatic heterocycles. The first-order chi connectivity index (χ1) is 13.3. The Morgan fingerprint density at radius 3 is 2.54 bits per heavy atom. The molecule has 2 aromatic rings. The maximum Gasteiger partial charge on any atom is 0.254 e. The zero-order valence-corrected chi connectivity index (χ0v) is 16.0. The van der Waals surface area contributed by atoms with E-state index >= 15 is 0 Å². The number of piperidine rings is 1. The number of nitrogens with one attached hydrogen (secondary N) is 1. The summed E-state index contributed by atoms with van der Waals surface area (Å²) in [6.07, 6.45) is 2.82. The minimum atomic E-state index is -0.411. The van der Waals surface area contributed by atoms with Gasteiger partial charge in [-0.2, -0.15) is 0 Å². The third kappa shape index (κ3) is 4.57. The molecule has 0 radical (unpaired) electrons. The van der Waals surface area contributed by atoms with Gasteiger partial charge < -0.3 is 19.9 Å². The summed E-state index contributed by atoms with van der Waals surface area (Å²) in [5.74, 6) is -0.0216. The molecule has 8 heteroatoms. The molecule has 0 saturated carbocycles. The van der Waals surface area contributed by atoms with E-state index in [0.29, 0.717) is 37.4 Å². The molecule has 3 heterocycles. The number of carbonyl (C=O) groups is 2. The molecule has 2 aromatic heterocycles. The highest BCUT2D eigenvalue weighted by atomic mass is 16.3. The number of nitrogens with zero attached hydrogens (tertiary/aromatic N) is 3. The van der Waals surface area contributed by atoms with E-state index in [2.05, 4.69) is 10.3 Å². The van der Waals surface area contributed by atoms with Gasteiger partial charge in [0.1, 0.15) is 18.1 Å². The van der Waals surface area contributed by atoms with Gasteiger partial charge in [0.05, 0.1) is 0 Å². The number of anilines is 1. The Kier molecular flexibility index (Phi) is 5.77. The number of rotatable bonds is 4. The Labute approximate surface area is 162 Å². The first-order valence-electron chi connectivity index (χ1n) is 9.25. The summed E-state index contributed by atoms with van der Waals surface area (Å²) in [6, 6.07) is 6.20. The number of pyridine rings is 2. The molecule has 0 atom stereocenters. The van der Waals surface area contributed by atoms with Gasteiger partial charge in [-0.15, -0.1) is 0 Å². The largest absolute Gasteiger partial charge is 0.508 e. The Balaban J connectivity index is 1.54. The molecule has 2 N–H and O–H groups in total. The molecular weight excluding hydrogens is 360 g/mol. The highest BCUT2D eigenvalue weighted by Crippen LogP contribution is 2.19. The zero-order valence-electron chi connectivity index (χ0n) is 16.0. The van der Waals surface area contributed by atoms with Crippen LogP contribution in [0, 0.1) is 19.8 Å². The van der Waals surface area contributed by atoms with Gasteiger partial charge in [0.25, 0.3) is 5.56 Å². The predicted octanol–water partition coefficient (Wildman–Crippen LogP) is 1.44. The molecule has 1 aliphatic rings. The average Bonchev–Trinajstić information content (AvgIpc) is 2.66. The molecule has 0 aromatic carbocycles. The summed E-state index contributed by atoms with van der Waals surface area (Å²) in [5.41, 5.74) is 1.14. The van der Waals surface area contributed by atoms with Crippen molar-refractivity contribution in [2.24, 2.45) is 5.92 Å². The van der Waals surface area contributed by atoms with Gasteiger partial charge in [0.15, 0.2) is 0 Å². The summed E-state index contributed by atoms with van der Waals surface area (Å²) >= 11 is 0. The number of aromatic nitrogens is 2. The lowest BCUT2D eigenvalue weighted by Gasteiger charge is -2.31. The Morgan fingerprint density at radius 1 is 1.21 bits per heavy atom. The summed E-state index contributed by atoms with van der Waals surface area (Å²) in [5, 5.41) is 12.3. The second-order valence-electron chi connectivity index (χ2n) is 7.14. The number of aromatic hydroxyl groups is 1. The molecule has 1 saturated heterocycles. The van der Waals surface area contributed by atoms with Gasteiger partial charge in [-0.25, -0.2) is 4.98 Å². The van der Waals surface area contributed by atoms with Gasteiger partial charge in [0, 0.05) is 37.0 Å². The van der Waals surface area contributed by atoms with Crippen molar-refractivity contribution in [2.45, 2.75) is 33.2 Å². The number of likely N-dealkylation sites (tertiary alicyclic amines) is 1. The topological polar surface area (TPSA) is 105 Å². The van der Waals surface area contributed by atoms with E-state index in [0.717, 1.165) is 11.6 Å². The Bertz CT molecular complexity index is 928. The molecule has 0 spiro atoms. The Hall–Kier alpha value is -3.16. The number of hydrogen-bond acceptors (Lipinski definition) is 5. The second kappa shape index (κ2) is 8.24. The van der Waals surface area contributed by atoms with Crippen LogP contribution in [0.4, 0.5) is 5.82 Å². The summed E-state index contributed by atoms with van der Waals surface area (Å²) in [6.45, 7) is 4.45. The van der Waals surface area contributed by atoms with Crippen LogP contribution in [0.5, 0.6) is 5.75 Å². The second-order valence-corrected chi connectivity index (χ2v) is 7.14. The van der Waals surface area contributed by atoms with Crippen LogP contribution in [-0.2, 0) is 16.1 Å². The number of aryl methyl sites for hydroxylation is 2. The van der Waals surface area contributed by atoms with Crippen molar-refractivity contribution < 1.29 is 14.7 Å². The number of amides is 2. The van der Waals surface area contributed by atoms with Gasteiger partial charge in [-0.3, -0.25) is 14.4 Å². The molecular formula is C20H24N4O4. The summed E-state index contributed by atoms with van der Waals surface area (Å²) < 4.78 is 1.34. The SMILES string of the molecule is Cc1ccc(NC(=O)C2CCN(C(=O)Cn3c(C)cc(O)cc3=O)CC2)nc1. The fourth-order valence-electron chi connectivity index (χ4n) is 3.31. The molecule has 3 rings (SSSR count). The van der Waals surface area contributed by atoms with Crippen molar-refractivity contribution in [3.05, 3.63) is 52.1 Å². The van der Waals surface area contributed by atoms with Gasteiger partial charge >= 0.3 is 0 Å². The van der Waals surface area contributed by atoms with Crippen molar-refractivity contribution in [1.29, 1.82) is 0 Å². The maximum absolute atomic E-state index is 12.5. The molecule has 2 amide bonds. The summed E-state index contributed by atoms with van der Waals surface area (Å²) in [7, 11) is 0. The number of hydrogen-bond donors (Lipinski definition) is 2. The first-order valence-corrected chi connectivity index (χ1v) is 9.25. The molecule has 0 aliphatic carbocycles. The van der Waals surface area contributed by atoms with Crippen molar-refractivity contribution in [3.8, 4) is 5.75 Å². The minimum absolute atomic E-state index is 0.0743. The van der Waals surface area contributed by atoms with Crippen molar-refractivity contribution in [1.82, 2.24) is 14.5 Å². The quantitative estimate of drug-likeness (QED) is 0.830. The van der Waals surface area contributed by atoms with Crippen molar-refractivity contribution in [2.75, 3.05) is 18.4 Å². The van der Waals surface area contributed by atoms with E-state index in [1.165, 1.54) is 10.6 Å². The van der Waals surface area contributed by atoms with Crippen LogP contribution in [0.2, 0.25) is 0 Å². The normalized spacial score (nSPS) is 14.7. The fourth-order valence-corrected chi connectivity index (χ4v) is 3.31. The van der Waals surface area contributed by atoms with Gasteiger partial charge in [0.2, 0.25) is 11.8 Å². The molecule has 0 unspecified atom stereocenters. The minimum Gasteiger partial charge on any atom is -0.508 e. The van der Waals surface area contributed by atoms with Crippen molar-refractivity contribution in [3.63, 3.8) is 0 Å². The van der Waals surface area contributed by atoms with E-state index in [1.54, 1.807) is 24.1 Å². The lowest BCUT2D eigenvalue weighted by molar-refractivity contribution is -0.135. The van der Waals surface area contributed by atoms with E-state index in [-0.39, 0.29) is 30.0 Å². The van der Waals surface area contributed by atoms with Crippen LogP contribution in [0.1, 0.15) is 24.1 Å². The molecule has 1 fully saturated rings. The predicted molar refractivity (Wildman–Crippen MR) is 104 cm³/mol. The lowest BCUT2D eigenvalue weighted by Crippen LogP contribution is -2.43. The smallest absolute Gasteiger partial charge is 0.254 e. The van der Waals surface area contributed by atoms with Crippen LogP contribution < -0.4 is 10.9 Å². The standard InChI is InChI=1S/C20H24N4O4/c1-13-3-4-17(21-11-13)22-20(28)15-5-7-23(8-6-15)19(27)12-24-14(2)9-16(25)10-18(24)26/h3-4,9-11,15,25H,5-8,12H2,1-2H3,(H,21,22,28). The van der Waals surface area contributed by atoms with Crippen LogP contribution in [0.15, 0.2) is 35.3 Å². The molecule has 0 bridgehead atoms. The van der Waals surface area contributed by atoms with E-state index in [1.807, 2.05) is 13.0 Å². The van der Waals surface area contributed by atoms with Crippen LogP contribution in [0.25, 0.3) is 0 Å². The van der Waals surface area contributed by atoms with Crippen molar-refractivity contribution >= 4 is 17.6 Å². The lowest BCUT2D eigenvalue weighted by atomic mass is 9.96. The van der Waals surface area contributed by atoms with Crippen LogP contribution in [0.3, 0.4) is 0 Å². The van der Waals surface area contributed by atoms with Crippen LogP contribution >= 0.6 is 0 Å². The van der Waals surface area contributed by atoms with E-state index in [4.69, 9.17) is 0 Å². The van der Waals surface area contributed by atoms with Gasteiger partial charge in [-0.05, 0) is 44.4 Å². The third-order valence-corrected chi connectivity index (χ3v) is 4.99. The monoisotopic (exact) mass is 384 g/mol. The maximum atomic E-state index is 12.5. The fraction of sp³-hybridized carbons (Fsp3) is 0.400. The van der Waals surface area contributed by atoms with Crippen LogP contribution in [-0.4, -0.2) is 44.5 Å². The Morgan fingerprint density at radius 2 is 1.93 bits per heavy atom. The summed E-state index contributed by atoms with van der Waals surface area (Å²) in [4.78, 5) is 42.8. The number of carbonyl (C=O) groups excluding carboxylic acids is 2. The molecule has 148 valence electrons. The molecule has 8 nitrogen and oxygen atoms in total.